The average molecular weight is 620 g/mol. The van der Waals surface area contributed by atoms with E-state index in [2.05, 4.69) is 16.0 Å². The standard InChI is InChI=1S/C31H24Cl2N4O4S/c32-21-11-10-20(25(33)17-21)16-27(37-30(40)19-6-2-1-3-7-19)31(41)35-22-12-14-23(15-13-22)42-18-28(38)36-26-9-5-4-8-24(26)29(34)39/h1-17H,18H2,(H2,34,39)(H,35,41)(H,36,38)(H,37,40)/b27-16-. The minimum Gasteiger partial charge on any atom is -0.366 e. The lowest BCUT2D eigenvalue weighted by Gasteiger charge is -2.12. The predicted octanol–water partition coefficient (Wildman–Crippen LogP) is 6.23. The molecule has 0 aliphatic rings. The van der Waals surface area contributed by atoms with Crippen LogP contribution in [0, 0.1) is 0 Å². The van der Waals surface area contributed by atoms with Gasteiger partial charge in [-0.15, -0.1) is 11.8 Å². The third kappa shape index (κ3) is 8.47. The van der Waals surface area contributed by atoms with Crippen LogP contribution in [0.15, 0.2) is 108 Å². The van der Waals surface area contributed by atoms with Crippen LogP contribution < -0.4 is 21.7 Å². The maximum atomic E-state index is 13.3. The lowest BCUT2D eigenvalue weighted by atomic mass is 10.1. The number of benzene rings is 4. The van der Waals surface area contributed by atoms with Crippen molar-refractivity contribution < 1.29 is 19.2 Å². The van der Waals surface area contributed by atoms with Crippen molar-refractivity contribution in [3.8, 4) is 0 Å². The summed E-state index contributed by atoms with van der Waals surface area (Å²) < 4.78 is 0. The summed E-state index contributed by atoms with van der Waals surface area (Å²) in [7, 11) is 0. The van der Waals surface area contributed by atoms with Gasteiger partial charge in [0.05, 0.1) is 17.0 Å². The Kier molecular flexibility index (Phi) is 10.4. The molecule has 0 saturated carbocycles. The first-order valence-electron chi connectivity index (χ1n) is 12.5. The van der Waals surface area contributed by atoms with E-state index < -0.39 is 17.7 Å². The van der Waals surface area contributed by atoms with Crippen molar-refractivity contribution in [2.75, 3.05) is 16.4 Å². The molecule has 0 aliphatic heterocycles. The molecule has 5 N–H and O–H groups in total. The fourth-order valence-electron chi connectivity index (χ4n) is 3.69. The van der Waals surface area contributed by atoms with E-state index in [1.54, 1.807) is 84.9 Å². The number of carbonyl (C=O) groups is 4. The largest absolute Gasteiger partial charge is 0.366 e. The van der Waals surface area contributed by atoms with Gasteiger partial charge in [-0.05, 0) is 72.3 Å². The fourth-order valence-corrected chi connectivity index (χ4v) is 4.85. The average Bonchev–Trinajstić information content (AvgIpc) is 2.98. The van der Waals surface area contributed by atoms with Crippen molar-refractivity contribution in [1.82, 2.24) is 5.32 Å². The van der Waals surface area contributed by atoms with Gasteiger partial charge in [-0.2, -0.15) is 0 Å². The highest BCUT2D eigenvalue weighted by molar-refractivity contribution is 8.00. The highest BCUT2D eigenvalue weighted by Crippen LogP contribution is 2.24. The molecular weight excluding hydrogens is 595 g/mol. The Morgan fingerprint density at radius 1 is 0.810 bits per heavy atom. The number of hydrogen-bond donors (Lipinski definition) is 4. The zero-order valence-electron chi connectivity index (χ0n) is 21.9. The molecular formula is C31H24Cl2N4O4S. The Labute approximate surface area is 256 Å². The fraction of sp³-hybridized carbons (Fsp3) is 0.0323. The number of primary amides is 1. The Bertz CT molecular complexity index is 1660. The highest BCUT2D eigenvalue weighted by atomic mass is 35.5. The van der Waals surface area contributed by atoms with Gasteiger partial charge in [-0.3, -0.25) is 19.2 Å². The predicted molar refractivity (Wildman–Crippen MR) is 168 cm³/mol. The van der Waals surface area contributed by atoms with Gasteiger partial charge in [0, 0.05) is 26.2 Å². The second-order valence-electron chi connectivity index (χ2n) is 8.77. The Balaban J connectivity index is 1.43. The van der Waals surface area contributed by atoms with Crippen LogP contribution in [0.4, 0.5) is 11.4 Å². The number of anilines is 2. The lowest BCUT2D eigenvalue weighted by Crippen LogP contribution is -2.30. The van der Waals surface area contributed by atoms with Crippen molar-refractivity contribution in [2.24, 2.45) is 5.73 Å². The van der Waals surface area contributed by atoms with E-state index in [1.165, 1.54) is 30.0 Å². The summed E-state index contributed by atoms with van der Waals surface area (Å²) in [6.45, 7) is 0. The Morgan fingerprint density at radius 2 is 1.50 bits per heavy atom. The molecule has 0 unspecified atom stereocenters. The van der Waals surface area contributed by atoms with Gasteiger partial charge in [-0.1, -0.05) is 59.6 Å². The zero-order chi connectivity index (χ0) is 30.1. The molecule has 0 aliphatic carbocycles. The van der Waals surface area contributed by atoms with E-state index in [4.69, 9.17) is 28.9 Å². The normalized spacial score (nSPS) is 11.0. The van der Waals surface area contributed by atoms with Crippen LogP contribution in [-0.2, 0) is 9.59 Å². The number of nitrogens with one attached hydrogen (secondary N) is 3. The van der Waals surface area contributed by atoms with E-state index in [1.807, 2.05) is 0 Å². The summed E-state index contributed by atoms with van der Waals surface area (Å²) >= 11 is 13.6. The van der Waals surface area contributed by atoms with Gasteiger partial charge in [0.15, 0.2) is 0 Å². The maximum absolute atomic E-state index is 13.3. The van der Waals surface area contributed by atoms with Crippen LogP contribution >= 0.6 is 35.0 Å². The molecule has 0 atom stereocenters. The molecule has 0 bridgehead atoms. The van der Waals surface area contributed by atoms with Crippen molar-refractivity contribution >= 4 is 76.0 Å². The Morgan fingerprint density at radius 3 is 2.19 bits per heavy atom. The molecule has 4 aromatic rings. The zero-order valence-corrected chi connectivity index (χ0v) is 24.2. The van der Waals surface area contributed by atoms with Crippen LogP contribution in [0.2, 0.25) is 10.0 Å². The highest BCUT2D eigenvalue weighted by Gasteiger charge is 2.16. The Hall–Kier alpha value is -4.57. The summed E-state index contributed by atoms with van der Waals surface area (Å²) in [4.78, 5) is 50.9. The second kappa shape index (κ2) is 14.4. The SMILES string of the molecule is NC(=O)c1ccccc1NC(=O)CSc1ccc(NC(=O)/C(=C/c2ccc(Cl)cc2Cl)NC(=O)c2ccccc2)cc1. The molecule has 4 amide bonds. The lowest BCUT2D eigenvalue weighted by molar-refractivity contribution is -0.114. The molecule has 0 heterocycles. The molecule has 42 heavy (non-hydrogen) atoms. The number of thioether (sulfide) groups is 1. The van der Waals surface area contributed by atoms with Gasteiger partial charge in [0.2, 0.25) is 5.91 Å². The van der Waals surface area contributed by atoms with Gasteiger partial charge in [-0.25, -0.2) is 0 Å². The van der Waals surface area contributed by atoms with Crippen LogP contribution in [0.1, 0.15) is 26.3 Å². The summed E-state index contributed by atoms with van der Waals surface area (Å²) in [5.74, 6) is -1.90. The van der Waals surface area contributed by atoms with Crippen LogP contribution in [0.3, 0.4) is 0 Å². The first-order chi connectivity index (χ1) is 20.2. The molecule has 0 aromatic heterocycles. The van der Waals surface area contributed by atoms with Gasteiger partial charge in [0.1, 0.15) is 5.70 Å². The molecule has 4 aromatic carbocycles. The third-order valence-electron chi connectivity index (χ3n) is 5.74. The number of rotatable bonds is 10. The number of carbonyl (C=O) groups excluding carboxylic acids is 4. The van der Waals surface area contributed by atoms with E-state index >= 15 is 0 Å². The smallest absolute Gasteiger partial charge is 0.272 e. The van der Waals surface area contributed by atoms with Gasteiger partial charge >= 0.3 is 0 Å². The molecule has 0 spiro atoms. The van der Waals surface area contributed by atoms with E-state index in [9.17, 15) is 19.2 Å². The third-order valence-corrected chi connectivity index (χ3v) is 7.31. The second-order valence-corrected chi connectivity index (χ2v) is 10.7. The number of hydrogen-bond acceptors (Lipinski definition) is 5. The van der Waals surface area contributed by atoms with Gasteiger partial charge < -0.3 is 21.7 Å². The summed E-state index contributed by atoms with van der Waals surface area (Å²) in [6, 6.07) is 26.6. The molecule has 0 radical (unpaired) electrons. The molecule has 11 heteroatoms. The van der Waals surface area contributed by atoms with E-state index in [0.29, 0.717) is 32.5 Å². The monoisotopic (exact) mass is 618 g/mol. The van der Waals surface area contributed by atoms with Crippen LogP contribution in [0.25, 0.3) is 6.08 Å². The molecule has 0 fully saturated rings. The van der Waals surface area contributed by atoms with Crippen molar-refractivity contribution in [3.63, 3.8) is 0 Å². The number of para-hydroxylation sites is 1. The first-order valence-corrected chi connectivity index (χ1v) is 14.2. The molecule has 212 valence electrons. The van der Waals surface area contributed by atoms with Crippen LogP contribution in [0.5, 0.6) is 0 Å². The molecule has 4 rings (SSSR count). The summed E-state index contributed by atoms with van der Waals surface area (Å²) in [5.41, 5.74) is 7.23. The van der Waals surface area contributed by atoms with Crippen molar-refractivity contribution in [2.45, 2.75) is 4.90 Å². The number of halogens is 2. The quantitative estimate of drug-likeness (QED) is 0.124. The van der Waals surface area contributed by atoms with Crippen molar-refractivity contribution in [3.05, 3.63) is 129 Å². The minimum absolute atomic E-state index is 0.0283. The van der Waals surface area contributed by atoms with E-state index in [-0.39, 0.29) is 22.9 Å². The number of amides is 4. The summed E-state index contributed by atoms with van der Waals surface area (Å²) in [6.07, 6.45) is 1.47. The van der Waals surface area contributed by atoms with Crippen molar-refractivity contribution in [1.29, 1.82) is 0 Å². The molecule has 8 nitrogen and oxygen atoms in total. The maximum Gasteiger partial charge on any atom is 0.272 e. The van der Waals surface area contributed by atoms with E-state index in [0.717, 1.165) is 4.90 Å². The first kappa shape index (κ1) is 30.4. The van der Waals surface area contributed by atoms with Crippen LogP contribution in [-0.4, -0.2) is 29.4 Å². The topological polar surface area (TPSA) is 130 Å². The summed E-state index contributed by atoms with van der Waals surface area (Å²) in [5, 5.41) is 8.86. The minimum atomic E-state index is -0.634. The van der Waals surface area contributed by atoms with Gasteiger partial charge in [0.25, 0.3) is 17.7 Å². The number of nitrogens with two attached hydrogens (primary N) is 1. The molecule has 0 saturated heterocycles.